The van der Waals surface area contributed by atoms with Crippen molar-refractivity contribution in [2.75, 3.05) is 44.6 Å². The summed E-state index contributed by atoms with van der Waals surface area (Å²) in [6.45, 7) is 0.895. The van der Waals surface area contributed by atoms with Gasteiger partial charge in [-0.25, -0.2) is 9.97 Å². The second kappa shape index (κ2) is 9.25. The largest absolute Gasteiger partial charge is 0.497 e. The lowest BCUT2D eigenvalue weighted by Gasteiger charge is -2.31. The normalized spacial score (nSPS) is 14.2. The Balaban J connectivity index is 1.89. The van der Waals surface area contributed by atoms with Crippen LogP contribution in [0.4, 0.5) is 23.0 Å². The van der Waals surface area contributed by atoms with E-state index in [9.17, 15) is 14.9 Å². The van der Waals surface area contributed by atoms with Gasteiger partial charge in [-0.1, -0.05) is 0 Å². The fourth-order valence-electron chi connectivity index (χ4n) is 3.38. The van der Waals surface area contributed by atoms with Gasteiger partial charge in [0.05, 0.1) is 37.9 Å². The van der Waals surface area contributed by atoms with Crippen LogP contribution in [-0.2, 0) is 9.53 Å². The number of ether oxygens (including phenoxy) is 3. The summed E-state index contributed by atoms with van der Waals surface area (Å²) in [5.41, 5.74) is 0.252. The van der Waals surface area contributed by atoms with Crippen molar-refractivity contribution in [3.63, 3.8) is 0 Å². The van der Waals surface area contributed by atoms with Crippen molar-refractivity contribution in [3.8, 4) is 11.5 Å². The molecule has 0 spiro atoms. The van der Waals surface area contributed by atoms with Crippen molar-refractivity contribution in [3.05, 3.63) is 34.6 Å². The summed E-state index contributed by atoms with van der Waals surface area (Å²) < 4.78 is 15.3. The number of anilines is 3. The number of esters is 1. The van der Waals surface area contributed by atoms with E-state index in [1.807, 2.05) is 0 Å². The molecule has 1 aliphatic rings. The fourth-order valence-corrected chi connectivity index (χ4v) is 3.38. The summed E-state index contributed by atoms with van der Waals surface area (Å²) in [6.07, 6.45) is 2.33. The molecule has 1 aliphatic heterocycles. The average molecular weight is 417 g/mol. The molecule has 11 heteroatoms. The molecule has 0 saturated carbocycles. The monoisotopic (exact) mass is 417 g/mol. The van der Waals surface area contributed by atoms with Crippen LogP contribution in [0.5, 0.6) is 11.5 Å². The van der Waals surface area contributed by atoms with Crippen LogP contribution < -0.4 is 19.7 Å². The third-order valence-corrected chi connectivity index (χ3v) is 4.98. The number of hydrogen-bond donors (Lipinski definition) is 1. The summed E-state index contributed by atoms with van der Waals surface area (Å²) in [7, 11) is 4.38. The van der Waals surface area contributed by atoms with Crippen LogP contribution in [0.3, 0.4) is 0 Å². The zero-order valence-electron chi connectivity index (χ0n) is 17.0. The van der Waals surface area contributed by atoms with E-state index in [0.29, 0.717) is 43.1 Å². The van der Waals surface area contributed by atoms with Gasteiger partial charge in [-0.3, -0.25) is 14.9 Å². The maximum Gasteiger partial charge on any atom is 0.353 e. The molecule has 1 aromatic heterocycles. The molecule has 0 amide bonds. The number of nitrogens with zero attached hydrogens (tertiary/aromatic N) is 4. The van der Waals surface area contributed by atoms with Crippen LogP contribution in [0.15, 0.2) is 24.5 Å². The van der Waals surface area contributed by atoms with E-state index >= 15 is 0 Å². The van der Waals surface area contributed by atoms with E-state index in [4.69, 9.17) is 14.2 Å². The minimum Gasteiger partial charge on any atom is -0.497 e. The van der Waals surface area contributed by atoms with E-state index in [0.717, 1.165) is 0 Å². The first-order valence-corrected chi connectivity index (χ1v) is 9.29. The highest BCUT2D eigenvalue weighted by molar-refractivity contribution is 5.77. The van der Waals surface area contributed by atoms with Crippen molar-refractivity contribution in [2.24, 2.45) is 5.92 Å². The minimum absolute atomic E-state index is 0.0450. The Morgan fingerprint density at radius 2 is 1.93 bits per heavy atom. The van der Waals surface area contributed by atoms with Gasteiger partial charge in [0.1, 0.15) is 17.8 Å². The molecule has 1 fully saturated rings. The van der Waals surface area contributed by atoms with Gasteiger partial charge in [0, 0.05) is 19.2 Å². The van der Waals surface area contributed by atoms with Gasteiger partial charge in [-0.05, 0) is 25.0 Å². The first-order chi connectivity index (χ1) is 14.5. The zero-order valence-corrected chi connectivity index (χ0v) is 17.0. The Morgan fingerprint density at radius 3 is 2.53 bits per heavy atom. The number of nitro groups is 1. The molecule has 2 heterocycles. The zero-order chi connectivity index (χ0) is 21.7. The lowest BCUT2D eigenvalue weighted by molar-refractivity contribution is -0.383. The summed E-state index contributed by atoms with van der Waals surface area (Å²) in [4.78, 5) is 33.1. The number of benzene rings is 1. The average Bonchev–Trinajstić information content (AvgIpc) is 2.78. The topological polar surface area (TPSA) is 129 Å². The predicted molar refractivity (Wildman–Crippen MR) is 108 cm³/mol. The van der Waals surface area contributed by atoms with Crippen molar-refractivity contribution >= 4 is 29.0 Å². The highest BCUT2D eigenvalue weighted by Gasteiger charge is 2.32. The summed E-state index contributed by atoms with van der Waals surface area (Å²) in [5, 5.41) is 14.8. The molecule has 1 saturated heterocycles. The van der Waals surface area contributed by atoms with Gasteiger partial charge in [-0.2, -0.15) is 0 Å². The van der Waals surface area contributed by atoms with Crippen LogP contribution in [0, 0.1) is 16.0 Å². The quantitative estimate of drug-likeness (QED) is 0.407. The molecule has 0 unspecified atom stereocenters. The first kappa shape index (κ1) is 21.1. The summed E-state index contributed by atoms with van der Waals surface area (Å²) >= 11 is 0. The highest BCUT2D eigenvalue weighted by atomic mass is 16.6. The predicted octanol–water partition coefficient (Wildman–Crippen LogP) is 2.54. The third-order valence-electron chi connectivity index (χ3n) is 4.98. The van der Waals surface area contributed by atoms with Gasteiger partial charge in [-0.15, -0.1) is 0 Å². The number of carbonyl (C=O) groups excluding carboxylic acids is 1. The number of methoxy groups -OCH3 is 3. The molecule has 2 aromatic rings. The van der Waals surface area contributed by atoms with Gasteiger partial charge in [0.15, 0.2) is 0 Å². The molecule has 0 radical (unpaired) electrons. The van der Waals surface area contributed by atoms with Crippen molar-refractivity contribution < 1.29 is 23.9 Å². The number of piperidine rings is 1. The molecular formula is C19H23N5O6. The number of aromatic nitrogens is 2. The number of nitrogens with one attached hydrogen (secondary N) is 1. The van der Waals surface area contributed by atoms with Crippen LogP contribution in [0.1, 0.15) is 12.8 Å². The third kappa shape index (κ3) is 4.34. The molecule has 1 N–H and O–H groups in total. The molecule has 0 aliphatic carbocycles. The number of rotatable bonds is 7. The number of hydrogen-bond acceptors (Lipinski definition) is 10. The molecule has 0 atom stereocenters. The molecule has 30 heavy (non-hydrogen) atoms. The fraction of sp³-hybridized carbons (Fsp3) is 0.421. The Hall–Kier alpha value is -3.63. The standard InChI is InChI=1S/C19H23N5O6/c1-28-13-4-5-14(15(10-13)29-2)22-17-16(24(26)27)18(21-11-20-17)23-8-6-12(7-9-23)19(25)30-3/h4-5,10-12H,6-9H2,1-3H3,(H,20,21,22). The molecule has 160 valence electrons. The van der Waals surface area contributed by atoms with Crippen LogP contribution >= 0.6 is 0 Å². The summed E-state index contributed by atoms with van der Waals surface area (Å²) in [6, 6.07) is 5.05. The van der Waals surface area contributed by atoms with E-state index in [-0.39, 0.29) is 29.2 Å². The van der Waals surface area contributed by atoms with Crippen LogP contribution in [-0.4, -0.2) is 55.3 Å². The van der Waals surface area contributed by atoms with E-state index in [1.165, 1.54) is 27.7 Å². The maximum absolute atomic E-state index is 11.9. The van der Waals surface area contributed by atoms with E-state index in [1.54, 1.807) is 23.1 Å². The Bertz CT molecular complexity index is 930. The first-order valence-electron chi connectivity index (χ1n) is 9.29. The minimum atomic E-state index is -0.514. The van der Waals surface area contributed by atoms with Gasteiger partial charge < -0.3 is 24.4 Å². The second-order valence-corrected chi connectivity index (χ2v) is 6.63. The maximum atomic E-state index is 11.9. The Morgan fingerprint density at radius 1 is 1.20 bits per heavy atom. The Labute approximate surface area is 173 Å². The van der Waals surface area contributed by atoms with Crippen molar-refractivity contribution in [1.82, 2.24) is 9.97 Å². The van der Waals surface area contributed by atoms with Gasteiger partial charge in [0.25, 0.3) is 0 Å². The lowest BCUT2D eigenvalue weighted by atomic mass is 9.97. The van der Waals surface area contributed by atoms with Crippen LogP contribution in [0.25, 0.3) is 0 Å². The second-order valence-electron chi connectivity index (χ2n) is 6.63. The molecule has 11 nitrogen and oxygen atoms in total. The molecule has 1 aromatic carbocycles. The molecule has 3 rings (SSSR count). The van der Waals surface area contributed by atoms with Crippen molar-refractivity contribution in [2.45, 2.75) is 12.8 Å². The molecular weight excluding hydrogens is 394 g/mol. The lowest BCUT2D eigenvalue weighted by Crippen LogP contribution is -2.37. The van der Waals surface area contributed by atoms with Crippen LogP contribution in [0.2, 0.25) is 0 Å². The van der Waals surface area contributed by atoms with Gasteiger partial charge >= 0.3 is 11.7 Å². The number of carbonyl (C=O) groups is 1. The van der Waals surface area contributed by atoms with E-state index < -0.39 is 4.92 Å². The SMILES string of the molecule is COC(=O)C1CCN(c2ncnc(Nc3ccc(OC)cc3OC)c2[N+](=O)[O-])CC1. The van der Waals surface area contributed by atoms with Crippen molar-refractivity contribution in [1.29, 1.82) is 0 Å². The summed E-state index contributed by atoms with van der Waals surface area (Å²) in [5.74, 6) is 0.803. The van der Waals surface area contributed by atoms with Gasteiger partial charge in [0.2, 0.25) is 11.6 Å². The Kier molecular flexibility index (Phi) is 6.50. The molecule has 0 bridgehead atoms. The smallest absolute Gasteiger partial charge is 0.353 e. The highest BCUT2D eigenvalue weighted by Crippen LogP contribution is 2.38. The van der Waals surface area contributed by atoms with E-state index in [2.05, 4.69) is 15.3 Å².